The van der Waals surface area contributed by atoms with Gasteiger partial charge in [-0.3, -0.25) is 9.97 Å². The van der Waals surface area contributed by atoms with E-state index in [2.05, 4.69) is 5.43 Å². The highest BCUT2D eigenvalue weighted by Gasteiger charge is 2.18. The molecule has 38 valence electrons. The van der Waals surface area contributed by atoms with Crippen molar-refractivity contribution < 1.29 is 9.97 Å². The molecule has 1 rings (SSSR count). The van der Waals surface area contributed by atoms with Crippen LogP contribution in [0.1, 0.15) is 0 Å². The van der Waals surface area contributed by atoms with Gasteiger partial charge in [-0.2, -0.15) is 0 Å². The van der Waals surface area contributed by atoms with Gasteiger partial charge in [0.1, 0.15) is 0 Å². The van der Waals surface area contributed by atoms with Crippen LogP contribution < -0.4 is 16.1 Å². The lowest BCUT2D eigenvalue weighted by Gasteiger charge is -2.06. The highest BCUT2D eigenvalue weighted by Crippen LogP contribution is 1.65. The Morgan fingerprint density at radius 3 is 2.86 bits per heavy atom. The summed E-state index contributed by atoms with van der Waals surface area (Å²) in [4.78, 5) is 9.95. The van der Waals surface area contributed by atoms with E-state index in [1.165, 1.54) is 0 Å². The Morgan fingerprint density at radius 1 is 2.00 bits per heavy atom. The van der Waals surface area contributed by atoms with Gasteiger partial charge in [-0.05, 0) is 0 Å². The van der Waals surface area contributed by atoms with Crippen molar-refractivity contribution >= 4 is 5.91 Å². The van der Waals surface area contributed by atoms with E-state index in [-0.39, 0.29) is 0 Å². The van der Waals surface area contributed by atoms with Gasteiger partial charge in [-0.1, -0.05) is 5.53 Å². The summed E-state index contributed by atoms with van der Waals surface area (Å²) in [5.41, 5.74) is 4.97. The zero-order chi connectivity index (χ0) is 5.28. The van der Waals surface area contributed by atoms with Gasteiger partial charge in [0.2, 0.25) is 0 Å². The van der Waals surface area contributed by atoms with Gasteiger partial charge in [0.25, 0.3) is 6.54 Å². The van der Waals surface area contributed by atoms with Crippen molar-refractivity contribution in [3.63, 3.8) is 0 Å². The smallest absolute Gasteiger partial charge is 0.329 e. The molecule has 0 bridgehead atoms. The summed E-state index contributed by atoms with van der Waals surface area (Å²) in [6.45, 7) is 0.889. The molecule has 1 aliphatic heterocycles. The number of nitrogens with zero attached hydrogens (tertiary/aromatic N) is 1. The van der Waals surface area contributed by atoms with Gasteiger partial charge in [-0.25, -0.2) is 0 Å². The Kier molecular flexibility index (Phi) is 0.935. The quantitative estimate of drug-likeness (QED) is 0.321. The highest BCUT2D eigenvalue weighted by atomic mass is 16.6. The first-order valence-electron chi connectivity index (χ1n) is 1.68. The minimum atomic E-state index is -0.509. The summed E-state index contributed by atoms with van der Waals surface area (Å²) >= 11 is 0. The summed E-state index contributed by atoms with van der Waals surface area (Å²) in [6, 6.07) is 0. The van der Waals surface area contributed by atoms with Crippen LogP contribution in [-0.2, 0) is 4.79 Å². The zero-order valence-corrected chi connectivity index (χ0v) is 3.34. The van der Waals surface area contributed by atoms with E-state index in [1.54, 1.807) is 0 Å². The minimum Gasteiger partial charge on any atom is -0.611 e. The first kappa shape index (κ1) is 4.51. The predicted molar refractivity (Wildman–Crippen MR) is 18.9 cm³/mol. The van der Waals surface area contributed by atoms with E-state index in [1.807, 2.05) is 5.53 Å². The van der Waals surface area contributed by atoms with Crippen molar-refractivity contribution in [1.82, 2.24) is 11.0 Å². The number of hydroxylamine groups is 1. The number of amides is 1. The number of hydrogen-bond acceptors (Lipinski definition) is 3. The molecule has 1 saturated heterocycles. The van der Waals surface area contributed by atoms with Gasteiger partial charge in [-0.15, -0.1) is 5.43 Å². The number of rotatable bonds is 0. The number of carbonyl (C=O) groups is 1. The third-order valence-electron chi connectivity index (χ3n) is 0.531. The number of carbonyl (C=O) groups excluding carboxylic acids is 1. The first-order valence-corrected chi connectivity index (χ1v) is 1.68. The van der Waals surface area contributed by atoms with Crippen LogP contribution in [0.25, 0.3) is 0 Å². The Hall–Kier alpha value is -0.650. The molecule has 1 atom stereocenters. The summed E-state index contributed by atoms with van der Waals surface area (Å²) in [7, 11) is 0. The SMILES string of the molecule is O=C1[CH][NH+]([O-])N[N]1. The second kappa shape index (κ2) is 1.45. The van der Waals surface area contributed by atoms with E-state index in [9.17, 15) is 10.0 Å². The third kappa shape index (κ3) is 0.861. The van der Waals surface area contributed by atoms with Gasteiger partial charge in [0.15, 0.2) is 0 Å². The molecule has 5 nitrogen and oxygen atoms in total. The molecule has 5 heteroatoms. The minimum absolute atomic E-state index is 0.440. The van der Waals surface area contributed by atoms with Gasteiger partial charge in [0, 0.05) is 0 Å². The molecule has 1 fully saturated rings. The normalized spacial score (nSPS) is 30.4. The average molecular weight is 101 g/mol. The molecule has 1 amide bonds. The van der Waals surface area contributed by atoms with E-state index in [4.69, 9.17) is 0 Å². The van der Waals surface area contributed by atoms with E-state index in [0.717, 1.165) is 6.54 Å². The lowest BCUT2D eigenvalue weighted by molar-refractivity contribution is -0.855. The van der Waals surface area contributed by atoms with Crippen molar-refractivity contribution in [3.05, 3.63) is 11.8 Å². The molecule has 7 heavy (non-hydrogen) atoms. The van der Waals surface area contributed by atoms with Gasteiger partial charge < -0.3 is 5.21 Å². The molecule has 1 heterocycles. The van der Waals surface area contributed by atoms with Crippen molar-refractivity contribution in [2.24, 2.45) is 0 Å². The number of quaternary nitrogens is 1. The molecule has 0 spiro atoms. The van der Waals surface area contributed by atoms with Crippen LogP contribution in [-0.4, -0.2) is 5.91 Å². The molecule has 0 saturated carbocycles. The predicted octanol–water partition coefficient (Wildman–Crippen LogP) is -2.90. The molecule has 0 aromatic carbocycles. The molecule has 1 unspecified atom stereocenters. The lowest BCUT2D eigenvalue weighted by Crippen LogP contribution is -3.09. The second-order valence-corrected chi connectivity index (χ2v) is 1.07. The monoisotopic (exact) mass is 101 g/mol. The summed E-state index contributed by atoms with van der Waals surface area (Å²) in [6.07, 6.45) is 0. The first-order chi connectivity index (χ1) is 3.29. The fraction of sp³-hybridized carbons (Fsp3) is 0. The third-order valence-corrected chi connectivity index (χ3v) is 0.531. The lowest BCUT2D eigenvalue weighted by atomic mass is 10.7. The van der Waals surface area contributed by atoms with Crippen molar-refractivity contribution in [1.29, 1.82) is 0 Å². The standard InChI is InChI=1S/C2H3N3O2/c6-2-1-5(7)4-3-2/h1,4-5H. The second-order valence-electron chi connectivity index (χ2n) is 1.07. The molecule has 0 aromatic heterocycles. The van der Waals surface area contributed by atoms with E-state index in [0.29, 0.717) is 0 Å². The summed E-state index contributed by atoms with van der Waals surface area (Å²) in [5.74, 6) is -0.509. The van der Waals surface area contributed by atoms with Crippen LogP contribution in [0.15, 0.2) is 0 Å². The molecule has 2 radical (unpaired) electrons. The summed E-state index contributed by atoms with van der Waals surface area (Å²) in [5, 5.41) is 9.53. The van der Waals surface area contributed by atoms with Gasteiger partial charge >= 0.3 is 5.91 Å². The van der Waals surface area contributed by atoms with Crippen LogP contribution in [0.3, 0.4) is 0 Å². The molecular weight excluding hydrogens is 98.0 g/mol. The molecule has 2 N–H and O–H groups in total. The summed E-state index contributed by atoms with van der Waals surface area (Å²) < 4.78 is 0. The topological polar surface area (TPSA) is 70.7 Å². The molecule has 0 aromatic rings. The van der Waals surface area contributed by atoms with Crippen molar-refractivity contribution in [2.45, 2.75) is 0 Å². The van der Waals surface area contributed by atoms with Gasteiger partial charge in [0.05, 0.1) is 0 Å². The Balaban J connectivity index is 2.40. The number of nitrogens with one attached hydrogen (secondary N) is 2. The molecule has 0 aliphatic carbocycles. The fourth-order valence-corrected chi connectivity index (χ4v) is 0.287. The Bertz CT molecular complexity index is 92.9. The molecule has 1 aliphatic rings. The Labute approximate surface area is 39.8 Å². The maximum atomic E-state index is 9.97. The van der Waals surface area contributed by atoms with Crippen molar-refractivity contribution in [2.75, 3.05) is 0 Å². The van der Waals surface area contributed by atoms with Crippen LogP contribution in [0.5, 0.6) is 0 Å². The Morgan fingerprint density at radius 2 is 2.71 bits per heavy atom. The fourth-order valence-electron chi connectivity index (χ4n) is 0.287. The number of hydrogen-bond donors (Lipinski definition) is 2. The van der Waals surface area contributed by atoms with Crippen LogP contribution >= 0.6 is 0 Å². The largest absolute Gasteiger partial charge is 0.611 e. The van der Waals surface area contributed by atoms with Crippen LogP contribution in [0.4, 0.5) is 0 Å². The van der Waals surface area contributed by atoms with Crippen LogP contribution in [0.2, 0.25) is 0 Å². The van der Waals surface area contributed by atoms with E-state index < -0.39 is 11.1 Å². The van der Waals surface area contributed by atoms with Crippen molar-refractivity contribution in [3.8, 4) is 0 Å². The molecular formula is C2H3N3O2. The van der Waals surface area contributed by atoms with Crippen LogP contribution in [0, 0.1) is 11.8 Å². The average Bonchev–Trinajstić information content (AvgIpc) is 1.87. The maximum Gasteiger partial charge on any atom is 0.329 e. The highest BCUT2D eigenvalue weighted by molar-refractivity contribution is 5.82. The zero-order valence-electron chi connectivity index (χ0n) is 3.34. The van der Waals surface area contributed by atoms with E-state index >= 15 is 0 Å². The maximum absolute atomic E-state index is 9.97.